The summed E-state index contributed by atoms with van der Waals surface area (Å²) >= 11 is 0. The van der Waals surface area contributed by atoms with E-state index in [2.05, 4.69) is 0 Å². The molecule has 1 aromatic carbocycles. The summed E-state index contributed by atoms with van der Waals surface area (Å²) in [4.78, 5) is 1.64. The summed E-state index contributed by atoms with van der Waals surface area (Å²) < 4.78 is 27.3. The molecule has 0 aromatic heterocycles. The van der Waals surface area contributed by atoms with Gasteiger partial charge in [0.25, 0.3) is 0 Å². The van der Waals surface area contributed by atoms with Crippen molar-refractivity contribution in [2.75, 3.05) is 17.7 Å². The Kier molecular flexibility index (Phi) is 4.10. The van der Waals surface area contributed by atoms with Crippen molar-refractivity contribution in [1.82, 2.24) is 0 Å². The van der Waals surface area contributed by atoms with E-state index in [1.54, 1.807) is 11.9 Å². The van der Waals surface area contributed by atoms with Crippen LogP contribution in [0.2, 0.25) is 0 Å². The Morgan fingerprint density at radius 1 is 1.19 bits per heavy atom. The first kappa shape index (κ1) is 12.7. The molecule has 0 radical (unpaired) electrons. The van der Waals surface area contributed by atoms with E-state index in [1.807, 2.05) is 13.8 Å². The summed E-state index contributed by atoms with van der Waals surface area (Å²) in [6.07, 6.45) is 1.69. The maximum atomic E-state index is 13.6. The summed E-state index contributed by atoms with van der Waals surface area (Å²) in [6.45, 7) is 4.00. The van der Waals surface area contributed by atoms with Gasteiger partial charge in [-0.3, -0.25) is 0 Å². The molecule has 0 amide bonds. The molecular formula is C12H18F2N2. The van der Waals surface area contributed by atoms with Gasteiger partial charge in [0.2, 0.25) is 0 Å². The lowest BCUT2D eigenvalue weighted by Gasteiger charge is -2.29. The first-order chi connectivity index (χ1) is 7.51. The average molecular weight is 228 g/mol. The molecular weight excluding hydrogens is 210 g/mol. The van der Waals surface area contributed by atoms with Gasteiger partial charge in [-0.05, 0) is 25.0 Å². The van der Waals surface area contributed by atoms with Crippen LogP contribution in [0.3, 0.4) is 0 Å². The van der Waals surface area contributed by atoms with Crippen LogP contribution in [0.4, 0.5) is 20.2 Å². The molecule has 0 atom stereocenters. The molecule has 1 rings (SSSR count). The molecule has 0 fully saturated rings. The number of benzene rings is 1. The van der Waals surface area contributed by atoms with Crippen molar-refractivity contribution < 1.29 is 8.78 Å². The van der Waals surface area contributed by atoms with Gasteiger partial charge < -0.3 is 10.6 Å². The monoisotopic (exact) mass is 228 g/mol. The van der Waals surface area contributed by atoms with Gasteiger partial charge in [-0.15, -0.1) is 0 Å². The highest BCUT2D eigenvalue weighted by molar-refractivity contribution is 5.55. The highest BCUT2D eigenvalue weighted by Crippen LogP contribution is 2.27. The molecule has 0 unspecified atom stereocenters. The van der Waals surface area contributed by atoms with Crippen LogP contribution in [0.25, 0.3) is 0 Å². The molecule has 2 N–H and O–H groups in total. The number of nitrogen functional groups attached to an aromatic ring is 1. The fourth-order valence-electron chi connectivity index (χ4n) is 1.94. The predicted molar refractivity (Wildman–Crippen MR) is 63.5 cm³/mol. The van der Waals surface area contributed by atoms with Gasteiger partial charge in [-0.25, -0.2) is 8.78 Å². The van der Waals surface area contributed by atoms with Crippen LogP contribution in [0.5, 0.6) is 0 Å². The van der Waals surface area contributed by atoms with Crippen molar-refractivity contribution in [3.63, 3.8) is 0 Å². The molecule has 16 heavy (non-hydrogen) atoms. The molecule has 0 spiro atoms. The number of nitrogens with zero attached hydrogens (tertiary/aromatic N) is 1. The lowest BCUT2D eigenvalue weighted by molar-refractivity contribution is 0.537. The van der Waals surface area contributed by atoms with E-state index in [0.717, 1.165) is 25.0 Å². The second kappa shape index (κ2) is 5.14. The van der Waals surface area contributed by atoms with E-state index in [9.17, 15) is 8.78 Å². The van der Waals surface area contributed by atoms with E-state index in [4.69, 9.17) is 5.73 Å². The molecule has 0 saturated carbocycles. The van der Waals surface area contributed by atoms with Gasteiger partial charge in [-0.2, -0.15) is 0 Å². The van der Waals surface area contributed by atoms with Crippen LogP contribution < -0.4 is 10.6 Å². The lowest BCUT2D eigenvalue weighted by Crippen LogP contribution is -2.31. The van der Waals surface area contributed by atoms with E-state index in [0.29, 0.717) is 0 Å². The van der Waals surface area contributed by atoms with Crippen molar-refractivity contribution in [1.29, 1.82) is 0 Å². The zero-order valence-corrected chi connectivity index (χ0v) is 9.93. The number of hydrogen-bond donors (Lipinski definition) is 1. The Balaban J connectivity index is 3.12. The SMILES string of the molecule is CCC(CC)N(C)c1c(F)cc(N)cc1F. The molecule has 0 aliphatic carbocycles. The Bertz CT molecular complexity index is 339. The van der Waals surface area contributed by atoms with Crippen molar-refractivity contribution in [2.24, 2.45) is 0 Å². The minimum absolute atomic E-state index is 0.00269. The third kappa shape index (κ3) is 2.43. The van der Waals surface area contributed by atoms with Crippen LogP contribution in [-0.2, 0) is 0 Å². The second-order valence-corrected chi connectivity index (χ2v) is 3.91. The third-order valence-electron chi connectivity index (χ3n) is 2.88. The van der Waals surface area contributed by atoms with E-state index < -0.39 is 11.6 Å². The van der Waals surface area contributed by atoms with Crippen LogP contribution in [0, 0.1) is 11.6 Å². The standard InChI is InChI=1S/C12H18F2N2/c1-4-9(5-2)16(3)12-10(13)6-8(15)7-11(12)14/h6-7,9H,4-5,15H2,1-3H3. The van der Waals surface area contributed by atoms with Gasteiger partial charge >= 0.3 is 0 Å². The highest BCUT2D eigenvalue weighted by Gasteiger charge is 2.19. The van der Waals surface area contributed by atoms with Crippen molar-refractivity contribution in [2.45, 2.75) is 32.7 Å². The zero-order valence-electron chi connectivity index (χ0n) is 9.93. The molecule has 2 nitrogen and oxygen atoms in total. The summed E-state index contributed by atoms with van der Waals surface area (Å²) in [5, 5.41) is 0. The van der Waals surface area contributed by atoms with Gasteiger partial charge in [0.15, 0.2) is 11.6 Å². The zero-order chi connectivity index (χ0) is 12.3. The Morgan fingerprint density at radius 2 is 1.62 bits per heavy atom. The van der Waals surface area contributed by atoms with Crippen LogP contribution in [0.1, 0.15) is 26.7 Å². The van der Waals surface area contributed by atoms with Crippen molar-refractivity contribution >= 4 is 11.4 Å². The number of rotatable bonds is 4. The van der Waals surface area contributed by atoms with Gasteiger partial charge in [-0.1, -0.05) is 13.8 Å². The summed E-state index contributed by atoms with van der Waals surface area (Å²) in [5.74, 6) is -1.21. The molecule has 90 valence electrons. The number of halogens is 2. The van der Waals surface area contributed by atoms with E-state index in [-0.39, 0.29) is 17.4 Å². The second-order valence-electron chi connectivity index (χ2n) is 3.91. The smallest absolute Gasteiger partial charge is 0.151 e. The van der Waals surface area contributed by atoms with E-state index in [1.165, 1.54) is 0 Å². The number of anilines is 2. The van der Waals surface area contributed by atoms with Crippen LogP contribution >= 0.6 is 0 Å². The minimum Gasteiger partial charge on any atom is -0.399 e. The van der Waals surface area contributed by atoms with Gasteiger partial charge in [0, 0.05) is 18.8 Å². The maximum Gasteiger partial charge on any atom is 0.151 e. The Labute approximate surface area is 95.1 Å². The summed E-state index contributed by atoms with van der Waals surface area (Å²) in [7, 11) is 1.70. The highest BCUT2D eigenvalue weighted by atomic mass is 19.1. The maximum absolute atomic E-state index is 13.6. The molecule has 0 bridgehead atoms. The van der Waals surface area contributed by atoms with E-state index >= 15 is 0 Å². The number of hydrogen-bond acceptors (Lipinski definition) is 2. The molecule has 0 aliphatic heterocycles. The molecule has 1 aromatic rings. The number of nitrogens with two attached hydrogens (primary N) is 1. The molecule has 0 heterocycles. The summed E-state index contributed by atoms with van der Waals surface area (Å²) in [5.41, 5.74) is 5.48. The fourth-order valence-corrected chi connectivity index (χ4v) is 1.94. The first-order valence-electron chi connectivity index (χ1n) is 5.48. The van der Waals surface area contributed by atoms with Crippen LogP contribution in [0.15, 0.2) is 12.1 Å². The minimum atomic E-state index is -0.605. The molecule has 0 aliphatic rings. The Morgan fingerprint density at radius 3 is 2.00 bits per heavy atom. The van der Waals surface area contributed by atoms with Crippen LogP contribution in [-0.4, -0.2) is 13.1 Å². The molecule has 4 heteroatoms. The predicted octanol–water partition coefficient (Wildman–Crippen LogP) is 3.17. The van der Waals surface area contributed by atoms with Crippen molar-refractivity contribution in [3.8, 4) is 0 Å². The van der Waals surface area contributed by atoms with Gasteiger partial charge in [0.1, 0.15) is 5.69 Å². The quantitative estimate of drug-likeness (QED) is 0.802. The molecule has 0 saturated heterocycles. The Hall–Kier alpha value is -1.32. The van der Waals surface area contributed by atoms with Gasteiger partial charge in [0.05, 0.1) is 0 Å². The topological polar surface area (TPSA) is 29.3 Å². The normalized spacial score (nSPS) is 10.9. The summed E-state index contributed by atoms with van der Waals surface area (Å²) in [6, 6.07) is 2.43. The fraction of sp³-hybridized carbons (Fsp3) is 0.500. The largest absolute Gasteiger partial charge is 0.399 e. The first-order valence-corrected chi connectivity index (χ1v) is 5.48. The lowest BCUT2D eigenvalue weighted by atomic mass is 10.1. The van der Waals surface area contributed by atoms with Crippen molar-refractivity contribution in [3.05, 3.63) is 23.8 Å². The third-order valence-corrected chi connectivity index (χ3v) is 2.88. The average Bonchev–Trinajstić information content (AvgIpc) is 2.17.